The highest BCUT2D eigenvalue weighted by Crippen LogP contribution is 2.33. The van der Waals surface area contributed by atoms with Crippen molar-refractivity contribution < 1.29 is 0 Å². The summed E-state index contributed by atoms with van der Waals surface area (Å²) in [7, 11) is 0. The highest BCUT2D eigenvalue weighted by atomic mass is 32.1. The Morgan fingerprint density at radius 3 is 2.91 bits per heavy atom. The third-order valence-corrected chi connectivity index (χ3v) is 7.54. The summed E-state index contributed by atoms with van der Waals surface area (Å²) >= 11 is 1.65. The molecule has 2 heterocycles. The topological polar surface area (TPSA) is 99.0 Å². The van der Waals surface area contributed by atoms with Gasteiger partial charge in [0, 0.05) is 17.5 Å². The van der Waals surface area contributed by atoms with Crippen molar-refractivity contribution >= 4 is 32.3 Å². The van der Waals surface area contributed by atoms with Gasteiger partial charge in [-0.25, -0.2) is 4.98 Å². The first kappa shape index (κ1) is 21.4. The van der Waals surface area contributed by atoms with Gasteiger partial charge in [0.1, 0.15) is 4.83 Å². The monoisotopic (exact) mass is 457 g/mol. The van der Waals surface area contributed by atoms with Gasteiger partial charge in [-0.3, -0.25) is 9.36 Å². The lowest BCUT2D eigenvalue weighted by Gasteiger charge is -2.23. The van der Waals surface area contributed by atoms with Crippen molar-refractivity contribution in [3.8, 4) is 0 Å². The fraction of sp³-hybridized carbons (Fsp3) is 0.231. The number of rotatable bonds is 6. The predicted molar refractivity (Wildman–Crippen MR) is 136 cm³/mol. The molecule has 1 aliphatic rings. The molecule has 4 aromatic rings. The van der Waals surface area contributed by atoms with E-state index in [4.69, 9.17) is 11.5 Å². The Hall–Kier alpha value is -3.42. The normalized spacial score (nSPS) is 16.6. The van der Waals surface area contributed by atoms with E-state index in [-0.39, 0.29) is 5.56 Å². The molecule has 7 heteroatoms. The van der Waals surface area contributed by atoms with Crippen molar-refractivity contribution in [1.82, 2.24) is 14.9 Å². The van der Waals surface area contributed by atoms with Gasteiger partial charge in [0.15, 0.2) is 0 Å². The summed E-state index contributed by atoms with van der Waals surface area (Å²) in [4.78, 5) is 20.3. The Morgan fingerprint density at radius 1 is 1.21 bits per heavy atom. The number of fused-ring (bicyclic) bond motifs is 4. The minimum atomic E-state index is 0.0540. The number of thiophene rings is 1. The van der Waals surface area contributed by atoms with Crippen LogP contribution in [0.3, 0.4) is 0 Å². The fourth-order valence-corrected chi connectivity index (χ4v) is 5.92. The van der Waals surface area contributed by atoms with Crippen molar-refractivity contribution in [3.05, 3.63) is 99.2 Å². The zero-order valence-electron chi connectivity index (χ0n) is 18.3. The molecule has 5 rings (SSSR count). The molecule has 168 valence electrons. The molecule has 2 aromatic heterocycles. The van der Waals surface area contributed by atoms with Crippen molar-refractivity contribution in [3.63, 3.8) is 0 Å². The second-order valence-electron chi connectivity index (χ2n) is 8.42. The number of hydrogen-bond acceptors (Lipinski definition) is 6. The smallest absolute Gasteiger partial charge is 0.262 e. The zero-order valence-corrected chi connectivity index (χ0v) is 19.1. The van der Waals surface area contributed by atoms with Gasteiger partial charge in [-0.05, 0) is 65.2 Å². The molecule has 33 heavy (non-hydrogen) atoms. The van der Waals surface area contributed by atoms with E-state index in [1.54, 1.807) is 28.4 Å². The summed E-state index contributed by atoms with van der Waals surface area (Å²) in [5.41, 5.74) is 14.5. The highest BCUT2D eigenvalue weighted by molar-refractivity contribution is 7.18. The summed E-state index contributed by atoms with van der Waals surface area (Å²) in [6, 6.07) is 14.8. The molecule has 2 aromatic carbocycles. The Balaban J connectivity index is 1.42. The number of nitrogens with one attached hydrogen (secondary N) is 1. The molecule has 1 aliphatic carbocycles. The second-order valence-corrected chi connectivity index (χ2v) is 9.50. The van der Waals surface area contributed by atoms with E-state index in [1.807, 2.05) is 24.3 Å². The second kappa shape index (κ2) is 9.21. The summed E-state index contributed by atoms with van der Waals surface area (Å²) in [5.74, 6) is 0. The fourth-order valence-electron chi connectivity index (χ4n) is 4.66. The molecular formula is C26H27N5OS. The Bertz CT molecular complexity index is 1430. The molecule has 6 nitrogen and oxygen atoms in total. The van der Waals surface area contributed by atoms with E-state index in [0.29, 0.717) is 19.1 Å². The third-order valence-electron chi connectivity index (χ3n) is 6.38. The first-order valence-electron chi connectivity index (χ1n) is 11.2. The first-order valence-corrected chi connectivity index (χ1v) is 12.0. The van der Waals surface area contributed by atoms with Crippen LogP contribution in [0.25, 0.3) is 21.0 Å². The van der Waals surface area contributed by atoms with Gasteiger partial charge in [0.05, 0.1) is 18.3 Å². The highest BCUT2D eigenvalue weighted by Gasteiger charge is 2.25. The first-order chi connectivity index (χ1) is 16.2. The van der Waals surface area contributed by atoms with Crippen molar-refractivity contribution in [2.75, 3.05) is 6.54 Å². The largest absolute Gasteiger partial charge is 0.405 e. The number of nitrogens with zero attached hydrogens (tertiary/aromatic N) is 2. The SMILES string of the molecule is N/C=C\C(=C/N)CNC1CCc2c(sc3ncn(Cc4cccc5ccccc45)c(=O)c23)C1. The average molecular weight is 458 g/mol. The van der Waals surface area contributed by atoms with Crippen LogP contribution in [0.1, 0.15) is 22.4 Å². The van der Waals surface area contributed by atoms with Crippen LogP contribution in [0.2, 0.25) is 0 Å². The van der Waals surface area contributed by atoms with Crippen molar-refractivity contribution in [2.24, 2.45) is 11.5 Å². The lowest BCUT2D eigenvalue weighted by molar-refractivity contribution is 0.482. The lowest BCUT2D eigenvalue weighted by Crippen LogP contribution is -2.35. The molecule has 5 N–H and O–H groups in total. The molecule has 0 amide bonds. The Morgan fingerprint density at radius 2 is 2.06 bits per heavy atom. The number of nitrogens with two attached hydrogens (primary N) is 2. The van der Waals surface area contributed by atoms with Crippen LogP contribution in [0.5, 0.6) is 0 Å². The molecule has 0 bridgehead atoms. The van der Waals surface area contributed by atoms with Gasteiger partial charge in [-0.2, -0.15) is 0 Å². The average Bonchev–Trinajstić information content (AvgIpc) is 3.22. The molecule has 0 saturated heterocycles. The van der Waals surface area contributed by atoms with Gasteiger partial charge in [-0.1, -0.05) is 42.5 Å². The predicted octanol–water partition coefficient (Wildman–Crippen LogP) is 3.42. The van der Waals surface area contributed by atoms with Gasteiger partial charge in [-0.15, -0.1) is 11.3 Å². The maximum Gasteiger partial charge on any atom is 0.262 e. The van der Waals surface area contributed by atoms with E-state index in [9.17, 15) is 4.79 Å². The maximum absolute atomic E-state index is 13.5. The quantitative estimate of drug-likeness (QED) is 0.385. The Kier molecular flexibility index (Phi) is 5.98. The van der Waals surface area contributed by atoms with Gasteiger partial charge < -0.3 is 16.8 Å². The molecule has 1 unspecified atom stereocenters. The summed E-state index contributed by atoms with van der Waals surface area (Å²) in [5, 5.41) is 6.71. The summed E-state index contributed by atoms with van der Waals surface area (Å²) in [6.45, 7) is 1.19. The molecule has 0 saturated carbocycles. The van der Waals surface area contributed by atoms with Crippen molar-refractivity contribution in [2.45, 2.75) is 31.8 Å². The number of hydrogen-bond donors (Lipinski definition) is 3. The van der Waals surface area contributed by atoms with Crippen LogP contribution in [0.4, 0.5) is 0 Å². The minimum Gasteiger partial charge on any atom is -0.405 e. The van der Waals surface area contributed by atoms with Crippen LogP contribution in [-0.4, -0.2) is 22.1 Å². The summed E-state index contributed by atoms with van der Waals surface area (Å²) < 4.78 is 1.75. The molecule has 0 radical (unpaired) electrons. The van der Waals surface area contributed by atoms with Crippen LogP contribution in [-0.2, 0) is 19.4 Å². The number of aryl methyl sites for hydroxylation is 1. The standard InChI is InChI=1S/C26H27N5OS/c27-11-10-17(13-28)14-29-20-8-9-22-23(12-20)33-25-24(22)26(32)31(16-30-25)15-19-6-3-5-18-4-1-2-7-21(18)19/h1-7,10-11,13,16,20,29H,8-9,12,14-15,27-28H2/b11-10-,17-13+. The minimum absolute atomic E-state index is 0.0540. The van der Waals surface area contributed by atoms with Crippen LogP contribution >= 0.6 is 11.3 Å². The third kappa shape index (κ3) is 4.17. The zero-order chi connectivity index (χ0) is 22.8. The number of aromatic nitrogens is 2. The van der Waals surface area contributed by atoms with Crippen molar-refractivity contribution in [1.29, 1.82) is 0 Å². The lowest BCUT2D eigenvalue weighted by atomic mass is 9.93. The van der Waals surface area contributed by atoms with Crippen LogP contribution in [0.15, 0.2) is 77.6 Å². The van der Waals surface area contributed by atoms with E-state index in [0.717, 1.165) is 40.6 Å². The molecule has 0 aliphatic heterocycles. The van der Waals surface area contributed by atoms with Gasteiger partial charge in [0.25, 0.3) is 5.56 Å². The molecule has 1 atom stereocenters. The van der Waals surface area contributed by atoms with E-state index >= 15 is 0 Å². The molecular weight excluding hydrogens is 430 g/mol. The van der Waals surface area contributed by atoms with Crippen LogP contribution in [0, 0.1) is 0 Å². The van der Waals surface area contributed by atoms with E-state index < -0.39 is 0 Å². The summed E-state index contributed by atoms with van der Waals surface area (Å²) in [6.07, 6.45) is 9.32. The maximum atomic E-state index is 13.5. The van der Waals surface area contributed by atoms with Crippen LogP contribution < -0.4 is 22.3 Å². The van der Waals surface area contributed by atoms with Gasteiger partial charge >= 0.3 is 0 Å². The Labute approximate surface area is 196 Å². The van der Waals surface area contributed by atoms with E-state index in [2.05, 4.69) is 34.6 Å². The molecule has 0 fully saturated rings. The van der Waals surface area contributed by atoms with E-state index in [1.165, 1.54) is 27.4 Å². The van der Waals surface area contributed by atoms with Gasteiger partial charge in [0.2, 0.25) is 0 Å². The number of benzene rings is 2. The molecule has 0 spiro atoms.